The minimum atomic E-state index is -0.0277. The fourth-order valence-corrected chi connectivity index (χ4v) is 3.06. The predicted octanol–water partition coefficient (Wildman–Crippen LogP) is 3.87. The van der Waals surface area contributed by atoms with Crippen LogP contribution in [0.3, 0.4) is 0 Å². The fourth-order valence-electron chi connectivity index (χ4n) is 2.85. The number of ether oxygens (including phenoxy) is 1. The third kappa shape index (κ3) is 4.34. The summed E-state index contributed by atoms with van der Waals surface area (Å²) in [5, 5.41) is 0.713. The van der Waals surface area contributed by atoms with Crippen molar-refractivity contribution < 1.29 is 9.53 Å². The molecule has 3 rings (SSSR count). The molecular weight excluding hydrogens is 310 g/mol. The Morgan fingerprint density at radius 3 is 2.78 bits per heavy atom. The van der Waals surface area contributed by atoms with Crippen molar-refractivity contribution in [3.63, 3.8) is 0 Å². The van der Waals surface area contributed by atoms with Gasteiger partial charge in [0.25, 0.3) is 0 Å². The topological polar surface area (TPSA) is 29.5 Å². The lowest BCUT2D eigenvalue weighted by Crippen LogP contribution is -2.42. The van der Waals surface area contributed by atoms with Gasteiger partial charge in [0.05, 0.1) is 13.2 Å². The van der Waals surface area contributed by atoms with Crippen molar-refractivity contribution >= 4 is 17.5 Å². The van der Waals surface area contributed by atoms with E-state index >= 15 is 0 Å². The number of rotatable bonds is 4. The van der Waals surface area contributed by atoms with E-state index in [1.165, 1.54) is 0 Å². The molecular formula is C19H20ClNO2. The predicted molar refractivity (Wildman–Crippen MR) is 91.5 cm³/mol. The molecule has 2 aromatic rings. The highest BCUT2D eigenvalue weighted by Gasteiger charge is 2.24. The molecule has 0 bridgehead atoms. The summed E-state index contributed by atoms with van der Waals surface area (Å²) >= 11 is 5.98. The number of aryl methyl sites for hydroxylation is 1. The molecule has 0 aromatic heterocycles. The molecule has 1 amide bonds. The van der Waals surface area contributed by atoms with Gasteiger partial charge in [0.1, 0.15) is 6.10 Å². The van der Waals surface area contributed by atoms with E-state index in [9.17, 15) is 4.79 Å². The summed E-state index contributed by atoms with van der Waals surface area (Å²) < 4.78 is 5.81. The summed E-state index contributed by atoms with van der Waals surface area (Å²) in [6.07, 6.45) is 1.19. The Hall–Kier alpha value is -1.84. The van der Waals surface area contributed by atoms with E-state index in [-0.39, 0.29) is 12.0 Å². The largest absolute Gasteiger partial charge is 0.370 e. The highest BCUT2D eigenvalue weighted by molar-refractivity contribution is 6.30. The van der Waals surface area contributed by atoms with E-state index < -0.39 is 0 Å². The highest BCUT2D eigenvalue weighted by Crippen LogP contribution is 2.22. The van der Waals surface area contributed by atoms with Crippen LogP contribution in [0.1, 0.15) is 23.7 Å². The number of carbonyl (C=O) groups excluding carboxylic acids is 1. The molecule has 0 aliphatic carbocycles. The van der Waals surface area contributed by atoms with Crippen LogP contribution >= 0.6 is 11.6 Å². The van der Waals surface area contributed by atoms with E-state index in [0.717, 1.165) is 11.1 Å². The fraction of sp³-hybridized carbons (Fsp3) is 0.316. The lowest BCUT2D eigenvalue weighted by molar-refractivity contribution is -0.139. The molecule has 3 nitrogen and oxygen atoms in total. The third-order valence-electron chi connectivity index (χ3n) is 4.11. The molecule has 1 saturated heterocycles. The zero-order valence-electron chi connectivity index (χ0n) is 13.0. The summed E-state index contributed by atoms with van der Waals surface area (Å²) in [6, 6.07) is 17.8. The minimum Gasteiger partial charge on any atom is -0.370 e. The van der Waals surface area contributed by atoms with Gasteiger partial charge in [-0.2, -0.15) is 0 Å². The maximum atomic E-state index is 12.5. The summed E-state index contributed by atoms with van der Waals surface area (Å²) in [6.45, 7) is 1.87. The van der Waals surface area contributed by atoms with Crippen LogP contribution < -0.4 is 0 Å². The highest BCUT2D eigenvalue weighted by atomic mass is 35.5. The summed E-state index contributed by atoms with van der Waals surface area (Å²) in [5.74, 6) is 0.175. The van der Waals surface area contributed by atoms with Crippen LogP contribution in [0.15, 0.2) is 54.6 Å². The SMILES string of the molecule is O=C(CCc1cccc(Cl)c1)N1CCOC(c2ccccc2)C1. The number of halogens is 1. The normalized spacial score (nSPS) is 18.0. The van der Waals surface area contributed by atoms with Crippen molar-refractivity contribution in [1.29, 1.82) is 0 Å². The van der Waals surface area contributed by atoms with Gasteiger partial charge >= 0.3 is 0 Å². The summed E-state index contributed by atoms with van der Waals surface area (Å²) in [7, 11) is 0. The van der Waals surface area contributed by atoms with Gasteiger partial charge in [-0.25, -0.2) is 0 Å². The maximum Gasteiger partial charge on any atom is 0.223 e. The Kier molecular flexibility index (Phi) is 5.31. The van der Waals surface area contributed by atoms with Crippen molar-refractivity contribution in [3.8, 4) is 0 Å². The first kappa shape index (κ1) is 16.0. The van der Waals surface area contributed by atoms with Crippen LogP contribution in [0.2, 0.25) is 5.02 Å². The monoisotopic (exact) mass is 329 g/mol. The van der Waals surface area contributed by atoms with Crippen molar-refractivity contribution in [2.24, 2.45) is 0 Å². The first-order valence-corrected chi connectivity index (χ1v) is 8.29. The molecule has 2 aromatic carbocycles. The molecule has 120 valence electrons. The zero-order chi connectivity index (χ0) is 16.1. The Labute approximate surface area is 141 Å². The number of hydrogen-bond acceptors (Lipinski definition) is 2. The first-order valence-electron chi connectivity index (χ1n) is 7.91. The minimum absolute atomic E-state index is 0.0277. The van der Waals surface area contributed by atoms with Crippen LogP contribution in [0.4, 0.5) is 0 Å². The van der Waals surface area contributed by atoms with Gasteiger partial charge in [-0.1, -0.05) is 54.1 Å². The van der Waals surface area contributed by atoms with Crippen LogP contribution in [0.25, 0.3) is 0 Å². The Morgan fingerprint density at radius 1 is 1.17 bits per heavy atom. The van der Waals surface area contributed by atoms with Crippen molar-refractivity contribution in [2.75, 3.05) is 19.7 Å². The second kappa shape index (κ2) is 7.62. The molecule has 1 heterocycles. The molecule has 1 unspecified atom stereocenters. The molecule has 0 spiro atoms. The molecule has 4 heteroatoms. The van der Waals surface area contributed by atoms with Crippen LogP contribution in [0.5, 0.6) is 0 Å². The zero-order valence-corrected chi connectivity index (χ0v) is 13.7. The molecule has 0 radical (unpaired) electrons. The third-order valence-corrected chi connectivity index (χ3v) is 4.34. The number of carbonyl (C=O) groups is 1. The quantitative estimate of drug-likeness (QED) is 0.852. The standard InChI is InChI=1S/C19H20ClNO2/c20-17-8-4-5-15(13-17)9-10-19(22)21-11-12-23-18(14-21)16-6-2-1-3-7-16/h1-8,13,18H,9-12,14H2. The first-order chi connectivity index (χ1) is 11.2. The Balaban J connectivity index is 1.57. The number of amides is 1. The lowest BCUT2D eigenvalue weighted by atomic mass is 10.1. The number of hydrogen-bond donors (Lipinski definition) is 0. The van der Waals surface area contributed by atoms with Gasteiger partial charge in [-0.3, -0.25) is 4.79 Å². The van der Waals surface area contributed by atoms with Gasteiger partial charge in [0, 0.05) is 18.0 Å². The van der Waals surface area contributed by atoms with Crippen molar-refractivity contribution in [1.82, 2.24) is 4.90 Å². The van der Waals surface area contributed by atoms with Crippen molar-refractivity contribution in [3.05, 3.63) is 70.7 Å². The van der Waals surface area contributed by atoms with Gasteiger partial charge in [0.2, 0.25) is 5.91 Å². The average molecular weight is 330 g/mol. The van der Waals surface area contributed by atoms with Gasteiger partial charge < -0.3 is 9.64 Å². The van der Waals surface area contributed by atoms with Gasteiger partial charge in [0.15, 0.2) is 0 Å². The Morgan fingerprint density at radius 2 is 2.00 bits per heavy atom. The maximum absolute atomic E-state index is 12.5. The number of morpholine rings is 1. The molecule has 0 saturated carbocycles. The number of benzene rings is 2. The second-order valence-electron chi connectivity index (χ2n) is 5.74. The van der Waals surface area contributed by atoms with Crippen LogP contribution in [-0.4, -0.2) is 30.5 Å². The van der Waals surface area contributed by atoms with Crippen LogP contribution in [0, 0.1) is 0 Å². The average Bonchev–Trinajstić information content (AvgIpc) is 2.61. The molecule has 0 N–H and O–H groups in total. The molecule has 1 atom stereocenters. The molecule has 1 fully saturated rings. The van der Waals surface area contributed by atoms with Gasteiger partial charge in [-0.05, 0) is 29.7 Å². The van der Waals surface area contributed by atoms with Crippen molar-refractivity contribution in [2.45, 2.75) is 18.9 Å². The van der Waals surface area contributed by atoms with E-state index in [2.05, 4.69) is 0 Å². The molecule has 1 aliphatic rings. The van der Waals surface area contributed by atoms with E-state index in [1.54, 1.807) is 0 Å². The van der Waals surface area contributed by atoms with Gasteiger partial charge in [-0.15, -0.1) is 0 Å². The van der Waals surface area contributed by atoms with E-state index in [4.69, 9.17) is 16.3 Å². The number of nitrogens with zero attached hydrogens (tertiary/aromatic N) is 1. The van der Waals surface area contributed by atoms with Crippen LogP contribution in [-0.2, 0) is 16.0 Å². The smallest absolute Gasteiger partial charge is 0.223 e. The molecule has 23 heavy (non-hydrogen) atoms. The van der Waals surface area contributed by atoms with E-state index in [0.29, 0.717) is 37.6 Å². The van der Waals surface area contributed by atoms with E-state index in [1.807, 2.05) is 59.5 Å². The molecule has 1 aliphatic heterocycles. The second-order valence-corrected chi connectivity index (χ2v) is 6.18. The lowest BCUT2D eigenvalue weighted by Gasteiger charge is -2.33. The summed E-state index contributed by atoms with van der Waals surface area (Å²) in [5.41, 5.74) is 2.22. The Bertz CT molecular complexity index is 659. The summed E-state index contributed by atoms with van der Waals surface area (Å²) in [4.78, 5) is 14.4.